The minimum absolute atomic E-state index is 0.121. The molecule has 1 unspecified atom stereocenters. The molecule has 3 rings (SSSR count). The van der Waals surface area contributed by atoms with Crippen molar-refractivity contribution in [2.75, 3.05) is 10.6 Å². The average Bonchev–Trinajstić information content (AvgIpc) is 2.92. The first-order valence-corrected chi connectivity index (χ1v) is 6.42. The van der Waals surface area contributed by atoms with Gasteiger partial charge in [-0.25, -0.2) is 0 Å². The second kappa shape index (κ2) is 5.06. The van der Waals surface area contributed by atoms with Crippen LogP contribution in [0.5, 0.6) is 0 Å². The summed E-state index contributed by atoms with van der Waals surface area (Å²) < 4.78 is 0. The zero-order chi connectivity index (χ0) is 13.9. The minimum atomic E-state index is -0.292. The molecule has 0 radical (unpaired) electrons. The Hall–Kier alpha value is -2.80. The van der Waals surface area contributed by atoms with E-state index in [1.807, 2.05) is 24.3 Å². The summed E-state index contributed by atoms with van der Waals surface area (Å²) in [6, 6.07) is 16.7. The number of nitrogens with zero attached hydrogens (tertiary/aromatic N) is 1. The Morgan fingerprint density at radius 1 is 1.20 bits per heavy atom. The van der Waals surface area contributed by atoms with Gasteiger partial charge in [-0.2, -0.15) is 5.26 Å². The SMILES string of the molecule is N#Cc1ccccc1NC(=O)C1Cc2ccccc2N1. The summed E-state index contributed by atoms with van der Waals surface area (Å²) in [6.07, 6.45) is 0.663. The minimum Gasteiger partial charge on any atom is -0.373 e. The Bertz CT molecular complexity index is 678. The lowest BCUT2D eigenvalue weighted by atomic mass is 10.1. The van der Waals surface area contributed by atoms with Crippen LogP contribution in [0.25, 0.3) is 0 Å². The molecule has 20 heavy (non-hydrogen) atoms. The molecule has 1 aliphatic heterocycles. The van der Waals surface area contributed by atoms with E-state index in [4.69, 9.17) is 5.26 Å². The second-order valence-corrected chi connectivity index (χ2v) is 4.70. The fourth-order valence-corrected chi connectivity index (χ4v) is 2.37. The number of nitrogens with one attached hydrogen (secondary N) is 2. The molecule has 1 heterocycles. The first kappa shape index (κ1) is 12.2. The summed E-state index contributed by atoms with van der Waals surface area (Å²) >= 11 is 0. The Kier molecular flexibility index (Phi) is 3.10. The number of carbonyl (C=O) groups excluding carboxylic acids is 1. The van der Waals surface area contributed by atoms with Gasteiger partial charge in [-0.1, -0.05) is 30.3 Å². The largest absolute Gasteiger partial charge is 0.373 e. The summed E-state index contributed by atoms with van der Waals surface area (Å²) in [6.45, 7) is 0. The van der Waals surface area contributed by atoms with E-state index in [-0.39, 0.29) is 11.9 Å². The van der Waals surface area contributed by atoms with Crippen LogP contribution in [0.1, 0.15) is 11.1 Å². The smallest absolute Gasteiger partial charge is 0.247 e. The molecule has 1 amide bonds. The Labute approximate surface area is 117 Å². The number of amides is 1. The van der Waals surface area contributed by atoms with E-state index in [0.29, 0.717) is 17.7 Å². The van der Waals surface area contributed by atoms with Crippen molar-refractivity contribution in [2.24, 2.45) is 0 Å². The average molecular weight is 263 g/mol. The topological polar surface area (TPSA) is 64.9 Å². The summed E-state index contributed by atoms with van der Waals surface area (Å²) in [7, 11) is 0. The van der Waals surface area contributed by atoms with Crippen molar-refractivity contribution in [1.29, 1.82) is 5.26 Å². The van der Waals surface area contributed by atoms with E-state index in [9.17, 15) is 4.79 Å². The maximum atomic E-state index is 12.3. The van der Waals surface area contributed by atoms with Gasteiger partial charge in [0.2, 0.25) is 5.91 Å². The molecule has 0 bridgehead atoms. The predicted octanol–water partition coefficient (Wildman–Crippen LogP) is 2.53. The quantitative estimate of drug-likeness (QED) is 0.875. The third-order valence-corrected chi connectivity index (χ3v) is 3.39. The van der Waals surface area contributed by atoms with E-state index in [1.54, 1.807) is 24.3 Å². The van der Waals surface area contributed by atoms with Crippen LogP contribution in [0.15, 0.2) is 48.5 Å². The van der Waals surface area contributed by atoms with Crippen molar-refractivity contribution < 1.29 is 4.79 Å². The van der Waals surface area contributed by atoms with E-state index < -0.39 is 0 Å². The van der Waals surface area contributed by atoms with Crippen LogP contribution in [0.3, 0.4) is 0 Å². The fourth-order valence-electron chi connectivity index (χ4n) is 2.37. The maximum Gasteiger partial charge on any atom is 0.247 e. The lowest BCUT2D eigenvalue weighted by Crippen LogP contribution is -2.33. The molecule has 4 nitrogen and oxygen atoms in total. The number of hydrogen-bond donors (Lipinski definition) is 2. The molecule has 2 aromatic carbocycles. The van der Waals surface area contributed by atoms with Crippen molar-refractivity contribution in [3.8, 4) is 6.07 Å². The number of fused-ring (bicyclic) bond motifs is 1. The molecule has 0 saturated carbocycles. The van der Waals surface area contributed by atoms with Crippen LogP contribution in [0.4, 0.5) is 11.4 Å². The molecule has 98 valence electrons. The number of benzene rings is 2. The van der Waals surface area contributed by atoms with Gasteiger partial charge in [-0.3, -0.25) is 4.79 Å². The normalized spacial score (nSPS) is 15.8. The lowest BCUT2D eigenvalue weighted by Gasteiger charge is -2.12. The standard InChI is InChI=1S/C16H13N3O/c17-10-12-6-2-4-8-14(12)19-16(20)15-9-11-5-1-3-7-13(11)18-15/h1-8,15,18H,9H2,(H,19,20). The van der Waals surface area contributed by atoms with Gasteiger partial charge in [0, 0.05) is 12.1 Å². The highest BCUT2D eigenvalue weighted by atomic mass is 16.2. The first-order chi connectivity index (χ1) is 9.78. The van der Waals surface area contributed by atoms with Gasteiger partial charge in [0.15, 0.2) is 0 Å². The zero-order valence-corrected chi connectivity index (χ0v) is 10.8. The summed E-state index contributed by atoms with van der Waals surface area (Å²) in [5.41, 5.74) is 3.16. The molecule has 0 saturated heterocycles. The Morgan fingerprint density at radius 3 is 2.75 bits per heavy atom. The van der Waals surface area contributed by atoms with Crippen LogP contribution in [0.2, 0.25) is 0 Å². The van der Waals surface area contributed by atoms with Crippen molar-refractivity contribution in [1.82, 2.24) is 0 Å². The molecule has 1 atom stereocenters. The van der Waals surface area contributed by atoms with Gasteiger partial charge in [0.25, 0.3) is 0 Å². The third-order valence-electron chi connectivity index (χ3n) is 3.39. The van der Waals surface area contributed by atoms with Gasteiger partial charge >= 0.3 is 0 Å². The Balaban J connectivity index is 1.75. The highest BCUT2D eigenvalue weighted by Gasteiger charge is 2.26. The molecular weight excluding hydrogens is 250 g/mol. The molecule has 4 heteroatoms. The molecule has 0 fully saturated rings. The number of hydrogen-bond acceptors (Lipinski definition) is 3. The number of para-hydroxylation sites is 2. The van der Waals surface area contributed by atoms with E-state index in [2.05, 4.69) is 16.7 Å². The van der Waals surface area contributed by atoms with E-state index in [0.717, 1.165) is 11.3 Å². The molecular formula is C16H13N3O. The summed E-state index contributed by atoms with van der Waals surface area (Å²) in [5, 5.41) is 15.0. The van der Waals surface area contributed by atoms with Crippen molar-refractivity contribution in [3.05, 3.63) is 59.7 Å². The molecule has 0 aliphatic carbocycles. The van der Waals surface area contributed by atoms with Gasteiger partial charge in [-0.15, -0.1) is 0 Å². The molecule has 0 aromatic heterocycles. The molecule has 0 spiro atoms. The van der Waals surface area contributed by atoms with Gasteiger partial charge in [0.05, 0.1) is 11.3 Å². The highest BCUT2D eigenvalue weighted by Crippen LogP contribution is 2.26. The number of rotatable bonds is 2. The van der Waals surface area contributed by atoms with Gasteiger partial charge in [0.1, 0.15) is 12.1 Å². The van der Waals surface area contributed by atoms with Gasteiger partial charge < -0.3 is 10.6 Å². The second-order valence-electron chi connectivity index (χ2n) is 4.70. The molecule has 1 aliphatic rings. The highest BCUT2D eigenvalue weighted by molar-refractivity contribution is 5.98. The van der Waals surface area contributed by atoms with E-state index >= 15 is 0 Å². The van der Waals surface area contributed by atoms with Crippen LogP contribution in [0, 0.1) is 11.3 Å². The summed E-state index contributed by atoms with van der Waals surface area (Å²) in [4.78, 5) is 12.3. The maximum absolute atomic E-state index is 12.3. The summed E-state index contributed by atoms with van der Waals surface area (Å²) in [5.74, 6) is -0.121. The van der Waals surface area contributed by atoms with Crippen LogP contribution in [-0.2, 0) is 11.2 Å². The van der Waals surface area contributed by atoms with Gasteiger partial charge in [-0.05, 0) is 23.8 Å². The van der Waals surface area contributed by atoms with Crippen molar-refractivity contribution >= 4 is 17.3 Å². The number of anilines is 2. The first-order valence-electron chi connectivity index (χ1n) is 6.42. The number of nitriles is 1. The molecule has 2 aromatic rings. The van der Waals surface area contributed by atoms with E-state index in [1.165, 1.54) is 0 Å². The lowest BCUT2D eigenvalue weighted by molar-refractivity contribution is -0.116. The predicted molar refractivity (Wildman–Crippen MR) is 77.3 cm³/mol. The molecule has 2 N–H and O–H groups in total. The fraction of sp³-hybridized carbons (Fsp3) is 0.125. The third kappa shape index (κ3) is 2.21. The van der Waals surface area contributed by atoms with Crippen molar-refractivity contribution in [2.45, 2.75) is 12.5 Å². The van der Waals surface area contributed by atoms with Crippen LogP contribution >= 0.6 is 0 Å². The van der Waals surface area contributed by atoms with Crippen LogP contribution < -0.4 is 10.6 Å². The van der Waals surface area contributed by atoms with Crippen LogP contribution in [-0.4, -0.2) is 11.9 Å². The monoisotopic (exact) mass is 263 g/mol. The Morgan fingerprint density at radius 2 is 1.95 bits per heavy atom. The zero-order valence-electron chi connectivity index (χ0n) is 10.8. The van der Waals surface area contributed by atoms with Crippen molar-refractivity contribution in [3.63, 3.8) is 0 Å². The number of carbonyl (C=O) groups is 1.